The van der Waals surface area contributed by atoms with E-state index in [4.69, 9.17) is 0 Å². The molecule has 1 aliphatic heterocycles. The highest BCUT2D eigenvalue weighted by Gasteiger charge is 2.31. The third-order valence-corrected chi connectivity index (χ3v) is 4.93. The lowest BCUT2D eigenvalue weighted by Crippen LogP contribution is -2.25. The Balaban J connectivity index is 1.47. The van der Waals surface area contributed by atoms with Crippen molar-refractivity contribution in [2.24, 2.45) is 7.05 Å². The predicted molar refractivity (Wildman–Crippen MR) is 95.1 cm³/mol. The molecular weight excluding hydrogens is 366 g/mol. The molecule has 0 aliphatic carbocycles. The Hall–Kier alpha value is -3.62. The van der Waals surface area contributed by atoms with E-state index in [1.807, 2.05) is 0 Å². The van der Waals surface area contributed by atoms with E-state index in [1.165, 1.54) is 23.4 Å². The Labute approximate surface area is 157 Å². The van der Waals surface area contributed by atoms with Gasteiger partial charge in [0.25, 0.3) is 5.91 Å². The van der Waals surface area contributed by atoms with Crippen molar-refractivity contribution in [2.45, 2.75) is 13.1 Å². The molecule has 0 spiro atoms. The van der Waals surface area contributed by atoms with Crippen LogP contribution in [0.5, 0.6) is 0 Å². The minimum Gasteiger partial charge on any atom is -0.328 e. The number of carbonyl (C=O) groups excluding carboxylic acids is 1. The average molecular weight is 380 g/mol. The predicted octanol–water partition coefficient (Wildman–Crippen LogP) is 2.56. The zero-order valence-electron chi connectivity index (χ0n) is 14.8. The van der Waals surface area contributed by atoms with Gasteiger partial charge in [0.2, 0.25) is 0 Å². The fourth-order valence-corrected chi connectivity index (χ4v) is 3.54. The lowest BCUT2D eigenvalue weighted by molar-refractivity contribution is 0.0758. The molecule has 28 heavy (non-hydrogen) atoms. The quantitative estimate of drug-likeness (QED) is 0.548. The number of rotatable bonds is 3. The highest BCUT2D eigenvalue weighted by Crippen LogP contribution is 2.29. The largest absolute Gasteiger partial charge is 0.328 e. The van der Waals surface area contributed by atoms with Crippen LogP contribution in [0.3, 0.4) is 0 Å². The Morgan fingerprint density at radius 2 is 1.93 bits per heavy atom. The van der Waals surface area contributed by atoms with Crippen LogP contribution in [0.15, 0.2) is 43.0 Å². The number of aryl methyl sites for hydroxylation is 1. The topological polar surface area (TPSA) is 68.3 Å². The summed E-state index contributed by atoms with van der Waals surface area (Å²) in [6, 6.07) is 6.07. The zero-order chi connectivity index (χ0) is 19.4. The third kappa shape index (κ3) is 2.47. The highest BCUT2D eigenvalue weighted by molar-refractivity contribution is 5.97. The van der Waals surface area contributed by atoms with E-state index in [-0.39, 0.29) is 24.6 Å². The van der Waals surface area contributed by atoms with Gasteiger partial charge in [0, 0.05) is 36.5 Å². The van der Waals surface area contributed by atoms with Gasteiger partial charge in [0.05, 0.1) is 12.7 Å². The number of hydrogen-bond donors (Lipinski definition) is 0. The molecule has 1 amide bonds. The van der Waals surface area contributed by atoms with Crippen LogP contribution in [0, 0.1) is 11.6 Å². The number of benzene rings is 1. The number of halogens is 2. The molecule has 0 saturated heterocycles. The van der Waals surface area contributed by atoms with Crippen molar-refractivity contribution in [1.82, 2.24) is 29.3 Å². The van der Waals surface area contributed by atoms with E-state index >= 15 is 0 Å². The molecule has 4 heterocycles. The van der Waals surface area contributed by atoms with Crippen molar-refractivity contribution in [3.8, 4) is 11.1 Å². The summed E-state index contributed by atoms with van der Waals surface area (Å²) in [6.07, 6.45) is 4.68. The third-order valence-electron chi connectivity index (χ3n) is 4.93. The standard InChI is InChI=1S/C19H14F2N6O/c1-25-7-13(6-23-25)12-4-15(20)14(16(21)5-12)9-26-8-11-2-3-17-24-22-10-27(17)18(11)19(26)28/h2-7,10H,8-9H2,1H3. The molecule has 1 aromatic carbocycles. The molecule has 140 valence electrons. The summed E-state index contributed by atoms with van der Waals surface area (Å²) in [6.45, 7) is 0.105. The van der Waals surface area contributed by atoms with Crippen molar-refractivity contribution in [2.75, 3.05) is 0 Å². The number of carbonyl (C=O) groups is 1. The minimum atomic E-state index is -0.697. The molecule has 9 heteroatoms. The van der Waals surface area contributed by atoms with E-state index in [0.717, 1.165) is 5.56 Å². The molecule has 0 radical (unpaired) electrons. The van der Waals surface area contributed by atoms with Gasteiger partial charge in [-0.15, -0.1) is 10.2 Å². The summed E-state index contributed by atoms with van der Waals surface area (Å²) in [4.78, 5) is 14.2. The highest BCUT2D eigenvalue weighted by atomic mass is 19.1. The Morgan fingerprint density at radius 1 is 1.14 bits per heavy atom. The summed E-state index contributed by atoms with van der Waals surface area (Å²) in [7, 11) is 1.73. The fraction of sp³-hybridized carbons (Fsp3) is 0.158. The molecule has 0 bridgehead atoms. The molecule has 7 nitrogen and oxygen atoms in total. The molecule has 0 saturated carbocycles. The van der Waals surface area contributed by atoms with Crippen LogP contribution in [-0.4, -0.2) is 35.2 Å². The van der Waals surface area contributed by atoms with Crippen LogP contribution >= 0.6 is 0 Å². The molecule has 0 unspecified atom stereocenters. The van der Waals surface area contributed by atoms with Gasteiger partial charge in [-0.3, -0.25) is 13.9 Å². The van der Waals surface area contributed by atoms with Gasteiger partial charge < -0.3 is 4.90 Å². The second-order valence-electron chi connectivity index (χ2n) is 6.75. The van der Waals surface area contributed by atoms with Gasteiger partial charge in [-0.05, 0) is 23.8 Å². The van der Waals surface area contributed by atoms with Crippen molar-refractivity contribution in [3.63, 3.8) is 0 Å². The van der Waals surface area contributed by atoms with Crippen LogP contribution in [0.4, 0.5) is 8.78 Å². The van der Waals surface area contributed by atoms with Crippen LogP contribution < -0.4 is 0 Å². The number of aromatic nitrogens is 5. The van der Waals surface area contributed by atoms with Crippen molar-refractivity contribution < 1.29 is 13.6 Å². The fourth-order valence-electron chi connectivity index (χ4n) is 3.54. The first-order valence-corrected chi connectivity index (χ1v) is 8.59. The van der Waals surface area contributed by atoms with Gasteiger partial charge in [-0.25, -0.2) is 8.78 Å². The zero-order valence-corrected chi connectivity index (χ0v) is 14.8. The number of amides is 1. The van der Waals surface area contributed by atoms with Crippen LogP contribution in [-0.2, 0) is 20.1 Å². The Kier molecular flexibility index (Phi) is 3.51. The Morgan fingerprint density at radius 3 is 2.64 bits per heavy atom. The molecule has 0 N–H and O–H groups in total. The van der Waals surface area contributed by atoms with Crippen LogP contribution in [0.2, 0.25) is 0 Å². The first-order chi connectivity index (χ1) is 13.5. The molecule has 1 aliphatic rings. The lowest BCUT2D eigenvalue weighted by atomic mass is 10.1. The monoisotopic (exact) mass is 380 g/mol. The summed E-state index contributed by atoms with van der Waals surface area (Å²) < 4.78 is 32.5. The average Bonchev–Trinajstić information content (AvgIpc) is 3.37. The summed E-state index contributed by atoms with van der Waals surface area (Å²) in [5, 5.41) is 11.7. The first kappa shape index (κ1) is 16.5. The number of fused-ring (bicyclic) bond motifs is 3. The van der Waals surface area contributed by atoms with Gasteiger partial charge in [0.15, 0.2) is 5.65 Å². The van der Waals surface area contributed by atoms with E-state index < -0.39 is 11.6 Å². The molecule has 4 aromatic rings. The molecule has 5 rings (SSSR count). The van der Waals surface area contributed by atoms with Gasteiger partial charge in [0.1, 0.15) is 23.7 Å². The van der Waals surface area contributed by atoms with Crippen molar-refractivity contribution in [1.29, 1.82) is 0 Å². The Bertz CT molecular complexity index is 1220. The number of nitrogens with zero attached hydrogens (tertiary/aromatic N) is 6. The molecular formula is C19H14F2N6O. The van der Waals surface area contributed by atoms with Crippen LogP contribution in [0.25, 0.3) is 16.8 Å². The van der Waals surface area contributed by atoms with Gasteiger partial charge >= 0.3 is 0 Å². The first-order valence-electron chi connectivity index (χ1n) is 8.59. The summed E-state index contributed by atoms with van der Waals surface area (Å²) >= 11 is 0. The van der Waals surface area contributed by atoms with E-state index in [0.29, 0.717) is 22.5 Å². The van der Waals surface area contributed by atoms with Crippen molar-refractivity contribution in [3.05, 3.63) is 71.4 Å². The van der Waals surface area contributed by atoms with Crippen LogP contribution in [0.1, 0.15) is 21.6 Å². The lowest BCUT2D eigenvalue weighted by Gasteiger charge is -2.17. The van der Waals surface area contributed by atoms with E-state index in [2.05, 4.69) is 15.3 Å². The van der Waals surface area contributed by atoms with E-state index in [1.54, 1.807) is 40.7 Å². The van der Waals surface area contributed by atoms with Crippen molar-refractivity contribution >= 4 is 11.6 Å². The normalized spacial score (nSPS) is 13.5. The molecule has 3 aromatic heterocycles. The maximum absolute atomic E-state index is 14.7. The number of hydrogen-bond acceptors (Lipinski definition) is 4. The van der Waals surface area contributed by atoms with E-state index in [9.17, 15) is 13.6 Å². The maximum atomic E-state index is 14.7. The molecule has 0 atom stereocenters. The SMILES string of the molecule is Cn1cc(-c2cc(F)c(CN3Cc4ccc5nncn5c4C3=O)c(F)c2)cn1. The maximum Gasteiger partial charge on any atom is 0.271 e. The second kappa shape index (κ2) is 5.95. The number of pyridine rings is 1. The molecule has 0 fully saturated rings. The second-order valence-corrected chi connectivity index (χ2v) is 6.75. The minimum absolute atomic E-state index is 0.145. The van der Waals surface area contributed by atoms with Gasteiger partial charge in [-0.1, -0.05) is 6.07 Å². The van der Waals surface area contributed by atoms with Gasteiger partial charge in [-0.2, -0.15) is 5.10 Å². The summed E-state index contributed by atoms with van der Waals surface area (Å²) in [5.74, 6) is -1.70. The summed E-state index contributed by atoms with van der Waals surface area (Å²) in [5.41, 5.74) is 2.61. The smallest absolute Gasteiger partial charge is 0.271 e.